The van der Waals surface area contributed by atoms with Crippen LogP contribution in [0, 0.1) is 0 Å². The lowest BCUT2D eigenvalue weighted by Crippen LogP contribution is -2.31. The van der Waals surface area contributed by atoms with Gasteiger partial charge < -0.3 is 15.0 Å². The first kappa shape index (κ1) is 12.9. The zero-order valence-corrected chi connectivity index (χ0v) is 10.7. The van der Waals surface area contributed by atoms with Crippen molar-refractivity contribution in [2.75, 3.05) is 33.7 Å². The Morgan fingerprint density at radius 1 is 1.40 bits per heavy atom. The molecule has 0 aromatic heterocycles. The maximum atomic E-state index is 5.90. The third-order valence-corrected chi connectivity index (χ3v) is 2.88. The number of hydrogen-bond acceptors (Lipinski definition) is 3. The van der Waals surface area contributed by atoms with E-state index in [1.165, 1.54) is 19.3 Å². The molecule has 3 heteroatoms. The van der Waals surface area contributed by atoms with Crippen LogP contribution in [-0.4, -0.2) is 50.3 Å². The first-order valence-corrected chi connectivity index (χ1v) is 6.03. The SMILES string of the molecule is CN(C)CCCNCC1CCC(C)(C)O1. The Morgan fingerprint density at radius 3 is 2.67 bits per heavy atom. The van der Waals surface area contributed by atoms with Crippen LogP contribution in [0.25, 0.3) is 0 Å². The van der Waals surface area contributed by atoms with Crippen LogP contribution in [0.15, 0.2) is 0 Å². The van der Waals surface area contributed by atoms with Crippen LogP contribution < -0.4 is 5.32 Å². The molecule has 1 saturated heterocycles. The second kappa shape index (κ2) is 5.83. The topological polar surface area (TPSA) is 24.5 Å². The zero-order chi connectivity index (χ0) is 11.3. The Morgan fingerprint density at radius 2 is 2.13 bits per heavy atom. The highest BCUT2D eigenvalue weighted by Gasteiger charge is 2.30. The fourth-order valence-corrected chi connectivity index (χ4v) is 2.00. The maximum absolute atomic E-state index is 5.90. The maximum Gasteiger partial charge on any atom is 0.0707 e. The fourth-order valence-electron chi connectivity index (χ4n) is 2.00. The van der Waals surface area contributed by atoms with E-state index in [0.717, 1.165) is 19.6 Å². The Labute approximate surface area is 94.2 Å². The lowest BCUT2D eigenvalue weighted by molar-refractivity contribution is -0.0141. The summed E-state index contributed by atoms with van der Waals surface area (Å²) in [6.45, 7) is 7.62. The molecule has 0 bridgehead atoms. The Hall–Kier alpha value is -0.120. The molecule has 1 N–H and O–H groups in total. The summed E-state index contributed by atoms with van der Waals surface area (Å²) in [4.78, 5) is 2.22. The molecule has 1 aliphatic heterocycles. The molecule has 3 nitrogen and oxygen atoms in total. The van der Waals surface area contributed by atoms with Gasteiger partial charge in [-0.05, 0) is 60.3 Å². The minimum atomic E-state index is 0.107. The first-order chi connectivity index (χ1) is 6.99. The van der Waals surface area contributed by atoms with E-state index in [4.69, 9.17) is 4.74 Å². The van der Waals surface area contributed by atoms with E-state index >= 15 is 0 Å². The second-order valence-electron chi connectivity index (χ2n) is 5.40. The quantitative estimate of drug-likeness (QED) is 0.678. The summed E-state index contributed by atoms with van der Waals surface area (Å²) < 4.78 is 5.90. The van der Waals surface area contributed by atoms with Crippen molar-refractivity contribution in [2.45, 2.75) is 44.8 Å². The number of ether oxygens (including phenoxy) is 1. The van der Waals surface area contributed by atoms with Gasteiger partial charge in [0.2, 0.25) is 0 Å². The summed E-state index contributed by atoms with van der Waals surface area (Å²) >= 11 is 0. The van der Waals surface area contributed by atoms with Gasteiger partial charge in [-0.25, -0.2) is 0 Å². The fraction of sp³-hybridized carbons (Fsp3) is 1.00. The van der Waals surface area contributed by atoms with Crippen molar-refractivity contribution in [2.24, 2.45) is 0 Å². The zero-order valence-electron chi connectivity index (χ0n) is 10.7. The highest BCUT2D eigenvalue weighted by atomic mass is 16.5. The van der Waals surface area contributed by atoms with Gasteiger partial charge in [-0.1, -0.05) is 0 Å². The molecule has 1 heterocycles. The summed E-state index contributed by atoms with van der Waals surface area (Å²) in [5.41, 5.74) is 0.107. The van der Waals surface area contributed by atoms with Crippen LogP contribution in [0.4, 0.5) is 0 Å². The van der Waals surface area contributed by atoms with Gasteiger partial charge in [0.05, 0.1) is 11.7 Å². The molecule has 0 saturated carbocycles. The van der Waals surface area contributed by atoms with Crippen molar-refractivity contribution in [1.29, 1.82) is 0 Å². The lowest BCUT2D eigenvalue weighted by atomic mass is 10.1. The van der Waals surface area contributed by atoms with Crippen LogP contribution in [0.2, 0.25) is 0 Å². The van der Waals surface area contributed by atoms with Gasteiger partial charge in [-0.3, -0.25) is 0 Å². The van der Waals surface area contributed by atoms with Gasteiger partial charge in [-0.2, -0.15) is 0 Å². The Bertz CT molecular complexity index is 180. The third kappa shape index (κ3) is 5.50. The van der Waals surface area contributed by atoms with Crippen molar-refractivity contribution in [3.8, 4) is 0 Å². The van der Waals surface area contributed by atoms with Crippen LogP contribution in [-0.2, 0) is 4.74 Å². The molecule has 1 aliphatic rings. The van der Waals surface area contributed by atoms with E-state index in [2.05, 4.69) is 38.2 Å². The minimum absolute atomic E-state index is 0.107. The van der Waals surface area contributed by atoms with E-state index in [1.807, 2.05) is 0 Å². The molecule has 90 valence electrons. The van der Waals surface area contributed by atoms with Crippen LogP contribution in [0.3, 0.4) is 0 Å². The number of hydrogen-bond donors (Lipinski definition) is 1. The second-order valence-corrected chi connectivity index (χ2v) is 5.40. The van der Waals surface area contributed by atoms with E-state index in [-0.39, 0.29) is 5.60 Å². The molecule has 15 heavy (non-hydrogen) atoms. The van der Waals surface area contributed by atoms with Gasteiger partial charge in [0.15, 0.2) is 0 Å². The molecule has 0 aromatic carbocycles. The standard InChI is InChI=1S/C12H26N2O/c1-12(2)7-6-11(15-12)10-13-8-5-9-14(3)4/h11,13H,5-10H2,1-4H3. The Kier molecular flexibility index (Phi) is 5.03. The van der Waals surface area contributed by atoms with Gasteiger partial charge in [0.25, 0.3) is 0 Å². The lowest BCUT2D eigenvalue weighted by Gasteiger charge is -2.19. The summed E-state index contributed by atoms with van der Waals surface area (Å²) in [5.74, 6) is 0. The van der Waals surface area contributed by atoms with E-state index in [0.29, 0.717) is 6.10 Å². The molecule has 0 radical (unpaired) electrons. The number of rotatable bonds is 6. The first-order valence-electron chi connectivity index (χ1n) is 6.03. The minimum Gasteiger partial charge on any atom is -0.371 e. The number of nitrogens with one attached hydrogen (secondary N) is 1. The van der Waals surface area contributed by atoms with Crippen molar-refractivity contribution in [3.63, 3.8) is 0 Å². The van der Waals surface area contributed by atoms with E-state index in [9.17, 15) is 0 Å². The van der Waals surface area contributed by atoms with Crippen molar-refractivity contribution in [1.82, 2.24) is 10.2 Å². The van der Waals surface area contributed by atoms with Crippen molar-refractivity contribution >= 4 is 0 Å². The normalized spacial score (nSPS) is 25.0. The molecular formula is C12H26N2O. The van der Waals surface area contributed by atoms with Gasteiger partial charge in [0.1, 0.15) is 0 Å². The smallest absolute Gasteiger partial charge is 0.0707 e. The highest BCUT2D eigenvalue weighted by Crippen LogP contribution is 2.28. The van der Waals surface area contributed by atoms with Gasteiger partial charge >= 0.3 is 0 Å². The largest absolute Gasteiger partial charge is 0.371 e. The molecular weight excluding hydrogens is 188 g/mol. The average molecular weight is 214 g/mol. The van der Waals surface area contributed by atoms with E-state index < -0.39 is 0 Å². The molecule has 1 atom stereocenters. The van der Waals surface area contributed by atoms with Crippen LogP contribution in [0.1, 0.15) is 33.1 Å². The summed E-state index contributed by atoms with van der Waals surface area (Å²) in [6, 6.07) is 0. The third-order valence-electron chi connectivity index (χ3n) is 2.88. The van der Waals surface area contributed by atoms with Crippen molar-refractivity contribution in [3.05, 3.63) is 0 Å². The summed E-state index contributed by atoms with van der Waals surface area (Å²) in [5, 5.41) is 3.47. The molecule has 1 fully saturated rings. The molecule has 0 spiro atoms. The molecule has 1 rings (SSSR count). The monoisotopic (exact) mass is 214 g/mol. The summed E-state index contributed by atoms with van der Waals surface area (Å²) in [7, 11) is 4.23. The van der Waals surface area contributed by atoms with E-state index in [1.54, 1.807) is 0 Å². The predicted octanol–water partition coefficient (Wildman–Crippen LogP) is 1.49. The average Bonchev–Trinajstić information content (AvgIpc) is 2.44. The van der Waals surface area contributed by atoms with Crippen LogP contribution >= 0.6 is 0 Å². The Balaban J connectivity index is 1.97. The molecule has 0 aromatic rings. The summed E-state index contributed by atoms with van der Waals surface area (Å²) in [6.07, 6.45) is 4.03. The number of nitrogens with zero attached hydrogens (tertiary/aromatic N) is 1. The highest BCUT2D eigenvalue weighted by molar-refractivity contribution is 4.81. The van der Waals surface area contributed by atoms with Gasteiger partial charge in [0, 0.05) is 6.54 Å². The van der Waals surface area contributed by atoms with Crippen LogP contribution in [0.5, 0.6) is 0 Å². The molecule has 0 amide bonds. The molecule has 0 aliphatic carbocycles. The predicted molar refractivity (Wildman–Crippen MR) is 64.2 cm³/mol. The molecule has 1 unspecified atom stereocenters. The van der Waals surface area contributed by atoms with Gasteiger partial charge in [-0.15, -0.1) is 0 Å². The van der Waals surface area contributed by atoms with Crippen molar-refractivity contribution < 1.29 is 4.74 Å².